The van der Waals surface area contributed by atoms with E-state index < -0.39 is 30.5 Å². The van der Waals surface area contributed by atoms with Crippen molar-refractivity contribution in [2.75, 3.05) is 18.4 Å². The van der Waals surface area contributed by atoms with Crippen molar-refractivity contribution in [2.45, 2.75) is 12.6 Å². The molecule has 29 heavy (non-hydrogen) atoms. The summed E-state index contributed by atoms with van der Waals surface area (Å²) >= 11 is 0. The third-order valence-electron chi connectivity index (χ3n) is 4.65. The van der Waals surface area contributed by atoms with E-state index in [9.17, 15) is 22.8 Å². The van der Waals surface area contributed by atoms with Crippen molar-refractivity contribution >= 4 is 28.6 Å². The van der Waals surface area contributed by atoms with E-state index in [0.717, 1.165) is 5.52 Å². The number of alkyl halides is 3. The lowest BCUT2D eigenvalue weighted by Gasteiger charge is -2.18. The van der Waals surface area contributed by atoms with Crippen molar-refractivity contribution < 1.29 is 27.2 Å². The van der Waals surface area contributed by atoms with Gasteiger partial charge in [-0.2, -0.15) is 13.2 Å². The van der Waals surface area contributed by atoms with Crippen LogP contribution in [-0.4, -0.2) is 41.0 Å². The van der Waals surface area contributed by atoms with Crippen molar-refractivity contribution in [3.05, 3.63) is 48.5 Å². The van der Waals surface area contributed by atoms with Crippen LogP contribution in [0.4, 0.5) is 18.9 Å². The summed E-state index contributed by atoms with van der Waals surface area (Å²) in [6.07, 6.45) is -4.72. The Labute approximate surface area is 163 Å². The molecule has 150 valence electrons. The van der Waals surface area contributed by atoms with Crippen molar-refractivity contribution in [3.8, 4) is 11.5 Å². The predicted octanol–water partition coefficient (Wildman–Crippen LogP) is 3.84. The van der Waals surface area contributed by atoms with Gasteiger partial charge in [0.05, 0.1) is 5.92 Å². The molecule has 2 amide bonds. The molecule has 0 spiro atoms. The Hall–Kier alpha value is -3.36. The highest BCUT2D eigenvalue weighted by atomic mass is 19.4. The number of amides is 2. The van der Waals surface area contributed by atoms with E-state index in [1.165, 1.54) is 0 Å². The number of hydrogen-bond donors (Lipinski definition) is 1. The smallest absolute Gasteiger partial charge is 0.406 e. The molecule has 6 nitrogen and oxygen atoms in total. The summed E-state index contributed by atoms with van der Waals surface area (Å²) in [6.45, 7) is -1.58. The van der Waals surface area contributed by atoms with Gasteiger partial charge in [0.2, 0.25) is 17.7 Å². The SMILES string of the molecule is O=C(Nc1ccc(-c2nc3ccccc3o2)cc1)C1CC(=O)N(CC(F)(F)F)C1. The number of likely N-dealkylation sites (tertiary alicyclic amines) is 1. The summed E-state index contributed by atoms with van der Waals surface area (Å²) in [4.78, 5) is 29.1. The van der Waals surface area contributed by atoms with Gasteiger partial charge in [-0.3, -0.25) is 9.59 Å². The highest BCUT2D eigenvalue weighted by Gasteiger charge is 2.40. The third-order valence-corrected chi connectivity index (χ3v) is 4.65. The first-order valence-corrected chi connectivity index (χ1v) is 8.90. The molecule has 0 bridgehead atoms. The van der Waals surface area contributed by atoms with Crippen molar-refractivity contribution in [3.63, 3.8) is 0 Å². The van der Waals surface area contributed by atoms with Gasteiger partial charge in [-0.05, 0) is 36.4 Å². The Morgan fingerprint density at radius 2 is 1.90 bits per heavy atom. The van der Waals surface area contributed by atoms with Crippen molar-refractivity contribution in [2.24, 2.45) is 5.92 Å². The van der Waals surface area contributed by atoms with Crippen molar-refractivity contribution in [1.29, 1.82) is 0 Å². The summed E-state index contributed by atoms with van der Waals surface area (Å²) in [5.41, 5.74) is 2.58. The van der Waals surface area contributed by atoms with Crippen LogP contribution in [0.2, 0.25) is 0 Å². The lowest BCUT2D eigenvalue weighted by molar-refractivity contribution is -0.157. The average Bonchev–Trinajstić information content (AvgIpc) is 3.25. The molecule has 0 aliphatic carbocycles. The second kappa shape index (κ2) is 7.23. The van der Waals surface area contributed by atoms with Gasteiger partial charge in [-0.15, -0.1) is 0 Å². The number of anilines is 1. The van der Waals surface area contributed by atoms with Gasteiger partial charge in [-0.1, -0.05) is 12.1 Å². The zero-order valence-electron chi connectivity index (χ0n) is 15.1. The van der Waals surface area contributed by atoms with Crippen molar-refractivity contribution in [1.82, 2.24) is 9.88 Å². The molecule has 1 N–H and O–H groups in total. The Morgan fingerprint density at radius 3 is 2.59 bits per heavy atom. The maximum atomic E-state index is 12.5. The fraction of sp³-hybridized carbons (Fsp3) is 0.250. The number of benzene rings is 2. The van der Waals surface area contributed by atoms with E-state index >= 15 is 0 Å². The highest BCUT2D eigenvalue weighted by molar-refractivity contribution is 5.97. The molecule has 4 rings (SSSR count). The molecule has 9 heteroatoms. The quantitative estimate of drug-likeness (QED) is 0.718. The summed E-state index contributed by atoms with van der Waals surface area (Å²) in [7, 11) is 0. The zero-order chi connectivity index (χ0) is 20.6. The number of para-hydroxylation sites is 2. The maximum Gasteiger partial charge on any atom is 0.406 e. The van der Waals surface area contributed by atoms with Crippen LogP contribution in [0.5, 0.6) is 0 Å². The van der Waals surface area contributed by atoms with E-state index in [0.29, 0.717) is 27.6 Å². The fourth-order valence-electron chi connectivity index (χ4n) is 3.25. The number of aromatic nitrogens is 1. The van der Waals surface area contributed by atoms with Crippen LogP contribution in [-0.2, 0) is 9.59 Å². The highest BCUT2D eigenvalue weighted by Crippen LogP contribution is 2.27. The molecule has 1 fully saturated rings. The number of rotatable bonds is 4. The molecule has 3 aromatic rings. The van der Waals surface area contributed by atoms with Gasteiger partial charge in [0, 0.05) is 24.2 Å². The van der Waals surface area contributed by atoms with E-state index in [-0.39, 0.29) is 13.0 Å². The minimum Gasteiger partial charge on any atom is -0.436 e. The normalized spacial score (nSPS) is 17.1. The van der Waals surface area contributed by atoms with E-state index in [1.54, 1.807) is 24.3 Å². The van der Waals surface area contributed by atoms with E-state index in [2.05, 4.69) is 10.3 Å². The van der Waals surface area contributed by atoms with Crippen LogP contribution in [0, 0.1) is 5.92 Å². The fourth-order valence-corrected chi connectivity index (χ4v) is 3.25. The lowest BCUT2D eigenvalue weighted by Crippen LogP contribution is -2.36. The van der Waals surface area contributed by atoms with Crippen LogP contribution in [0.1, 0.15) is 6.42 Å². The second-order valence-electron chi connectivity index (χ2n) is 6.84. The molecule has 1 aromatic heterocycles. The number of nitrogens with one attached hydrogen (secondary N) is 1. The zero-order valence-corrected chi connectivity index (χ0v) is 15.1. The molecule has 0 radical (unpaired) electrons. The molecule has 2 aromatic carbocycles. The summed E-state index contributed by atoms with van der Waals surface area (Å²) in [5, 5.41) is 2.64. The van der Waals surface area contributed by atoms with Crippen LogP contribution in [0.3, 0.4) is 0 Å². The Bertz CT molecular complexity index is 1030. The number of nitrogens with zero attached hydrogens (tertiary/aromatic N) is 2. The molecular weight excluding hydrogens is 387 g/mol. The average molecular weight is 403 g/mol. The van der Waals surface area contributed by atoms with E-state index in [4.69, 9.17) is 4.42 Å². The van der Waals surface area contributed by atoms with Gasteiger partial charge >= 0.3 is 6.18 Å². The second-order valence-corrected chi connectivity index (χ2v) is 6.84. The lowest BCUT2D eigenvalue weighted by atomic mass is 10.1. The molecule has 1 saturated heterocycles. The summed E-state index contributed by atoms with van der Waals surface area (Å²) in [6, 6.07) is 14.1. The molecule has 2 heterocycles. The third kappa shape index (κ3) is 4.23. The van der Waals surface area contributed by atoms with Crippen LogP contribution in [0.25, 0.3) is 22.6 Å². The minimum atomic E-state index is -4.48. The monoisotopic (exact) mass is 403 g/mol. The first kappa shape index (κ1) is 19.0. The number of carbonyl (C=O) groups excluding carboxylic acids is 2. The largest absolute Gasteiger partial charge is 0.436 e. The molecule has 1 aliphatic rings. The Kier molecular flexibility index (Phi) is 4.73. The van der Waals surface area contributed by atoms with Gasteiger partial charge in [-0.25, -0.2) is 4.98 Å². The first-order chi connectivity index (χ1) is 13.8. The van der Waals surface area contributed by atoms with Gasteiger partial charge in [0.25, 0.3) is 0 Å². The number of oxazole rings is 1. The maximum absolute atomic E-state index is 12.5. The number of halogens is 3. The van der Waals surface area contributed by atoms with Crippen LogP contribution < -0.4 is 5.32 Å². The van der Waals surface area contributed by atoms with Crippen LogP contribution in [0.15, 0.2) is 52.9 Å². The molecule has 0 saturated carbocycles. The standard InChI is InChI=1S/C20H16F3N3O3/c21-20(22,23)11-26-10-13(9-17(26)27)18(28)24-14-7-5-12(6-8-14)19-25-15-3-1-2-4-16(15)29-19/h1-8,13H,9-11H2,(H,24,28). The first-order valence-electron chi connectivity index (χ1n) is 8.90. The van der Waals surface area contributed by atoms with Gasteiger partial charge in [0.1, 0.15) is 12.1 Å². The molecule has 1 unspecified atom stereocenters. The van der Waals surface area contributed by atoms with Gasteiger partial charge in [0.15, 0.2) is 5.58 Å². The van der Waals surface area contributed by atoms with Gasteiger partial charge < -0.3 is 14.6 Å². The molecular formula is C20H16F3N3O3. The topological polar surface area (TPSA) is 75.4 Å². The predicted molar refractivity (Wildman–Crippen MR) is 98.8 cm³/mol. The number of carbonyl (C=O) groups is 2. The number of hydrogen-bond acceptors (Lipinski definition) is 4. The molecule has 1 aliphatic heterocycles. The molecule has 1 atom stereocenters. The minimum absolute atomic E-state index is 0.233. The summed E-state index contributed by atoms with van der Waals surface area (Å²) in [5.74, 6) is -1.54. The van der Waals surface area contributed by atoms with Crippen LogP contribution >= 0.6 is 0 Å². The summed E-state index contributed by atoms with van der Waals surface area (Å²) < 4.78 is 43.2. The van der Waals surface area contributed by atoms with E-state index in [1.807, 2.05) is 24.3 Å². The Balaban J connectivity index is 1.41. The Morgan fingerprint density at radius 1 is 1.17 bits per heavy atom. The number of fused-ring (bicyclic) bond motifs is 1.